The van der Waals surface area contributed by atoms with Crippen LogP contribution >= 0.6 is 0 Å². The quantitative estimate of drug-likeness (QED) is 0.597. The fraction of sp³-hybridized carbons (Fsp3) is 0.222. The summed E-state index contributed by atoms with van der Waals surface area (Å²) in [6.07, 6.45) is 1.15. The van der Waals surface area contributed by atoms with Crippen LogP contribution in [-0.4, -0.2) is 27.1 Å². The molecule has 0 aliphatic rings. The molecule has 2 aromatic rings. The first-order chi connectivity index (χ1) is 12.2. The van der Waals surface area contributed by atoms with Crippen molar-refractivity contribution in [1.82, 2.24) is 10.1 Å². The summed E-state index contributed by atoms with van der Waals surface area (Å²) in [7, 11) is -3.84. The fourth-order valence-electron chi connectivity index (χ4n) is 2.62. The van der Waals surface area contributed by atoms with Gasteiger partial charge in [0.05, 0.1) is 17.7 Å². The first kappa shape index (κ1) is 19.7. The summed E-state index contributed by atoms with van der Waals surface area (Å²) in [6.45, 7) is 4.80. The van der Waals surface area contributed by atoms with Gasteiger partial charge in [0.15, 0.2) is 0 Å². The molecule has 0 saturated carbocycles. The van der Waals surface area contributed by atoms with Crippen molar-refractivity contribution in [1.29, 1.82) is 0 Å². The Kier molecular flexibility index (Phi) is 6.23. The van der Waals surface area contributed by atoms with Gasteiger partial charge < -0.3 is 0 Å². The first-order valence-corrected chi connectivity index (χ1v) is 9.33. The van der Waals surface area contributed by atoms with E-state index >= 15 is 0 Å². The second-order valence-electron chi connectivity index (χ2n) is 5.87. The Labute approximate surface area is 152 Å². The minimum Gasteiger partial charge on any atom is -0.272 e. The van der Waals surface area contributed by atoms with Crippen LogP contribution < -0.4 is 10.1 Å². The number of sulfonamides is 1. The SMILES string of the molecule is Cc1cc(C)c(S(=O)(=O)NCC(=O)N/N=C\c2ccccc2F)c(C)c1. The number of carbonyl (C=O) groups excluding carboxylic acids is 1. The van der Waals surface area contributed by atoms with Crippen molar-refractivity contribution in [3.63, 3.8) is 0 Å². The van der Waals surface area contributed by atoms with Crippen LogP contribution in [0.3, 0.4) is 0 Å². The molecule has 0 fully saturated rings. The van der Waals surface area contributed by atoms with E-state index in [0.29, 0.717) is 11.1 Å². The highest BCUT2D eigenvalue weighted by atomic mass is 32.2. The number of benzene rings is 2. The second kappa shape index (κ2) is 8.20. The molecule has 0 aliphatic heterocycles. The zero-order chi connectivity index (χ0) is 19.3. The Morgan fingerprint density at radius 3 is 2.38 bits per heavy atom. The Morgan fingerprint density at radius 1 is 1.15 bits per heavy atom. The Morgan fingerprint density at radius 2 is 1.77 bits per heavy atom. The van der Waals surface area contributed by atoms with Gasteiger partial charge in [0.1, 0.15) is 5.82 Å². The van der Waals surface area contributed by atoms with Gasteiger partial charge in [0.2, 0.25) is 10.0 Å². The molecule has 2 N–H and O–H groups in total. The molecule has 0 aromatic heterocycles. The third-order valence-electron chi connectivity index (χ3n) is 3.59. The van der Waals surface area contributed by atoms with Crippen LogP contribution in [0.25, 0.3) is 0 Å². The molecule has 1 amide bonds. The summed E-state index contributed by atoms with van der Waals surface area (Å²) in [5.41, 5.74) is 4.53. The molecule has 138 valence electrons. The van der Waals surface area contributed by atoms with Crippen molar-refractivity contribution >= 4 is 22.1 Å². The van der Waals surface area contributed by atoms with E-state index in [1.807, 2.05) is 6.92 Å². The maximum atomic E-state index is 13.4. The number of nitrogens with zero attached hydrogens (tertiary/aromatic N) is 1. The minimum absolute atomic E-state index is 0.158. The van der Waals surface area contributed by atoms with Gasteiger partial charge in [0.25, 0.3) is 5.91 Å². The van der Waals surface area contributed by atoms with E-state index in [2.05, 4.69) is 15.2 Å². The zero-order valence-electron chi connectivity index (χ0n) is 14.7. The van der Waals surface area contributed by atoms with Crippen LogP contribution in [0.1, 0.15) is 22.3 Å². The summed E-state index contributed by atoms with van der Waals surface area (Å²) >= 11 is 0. The van der Waals surface area contributed by atoms with Gasteiger partial charge in [-0.1, -0.05) is 35.9 Å². The Hall–Kier alpha value is -2.58. The molecule has 2 rings (SSSR count). The van der Waals surface area contributed by atoms with Crippen LogP contribution in [0.4, 0.5) is 4.39 Å². The molecule has 0 unspecified atom stereocenters. The van der Waals surface area contributed by atoms with Crippen LogP contribution in [0, 0.1) is 26.6 Å². The van der Waals surface area contributed by atoms with Crippen LogP contribution in [0.15, 0.2) is 46.4 Å². The molecule has 6 nitrogen and oxygen atoms in total. The number of hydrazone groups is 1. The maximum Gasteiger partial charge on any atom is 0.255 e. The molecule has 0 radical (unpaired) electrons. The number of halogens is 1. The molecule has 0 aliphatic carbocycles. The number of amides is 1. The van der Waals surface area contributed by atoms with Gasteiger partial charge in [-0.2, -0.15) is 5.10 Å². The smallest absolute Gasteiger partial charge is 0.255 e. The van der Waals surface area contributed by atoms with Crippen molar-refractivity contribution in [3.05, 3.63) is 64.5 Å². The van der Waals surface area contributed by atoms with Gasteiger partial charge in [-0.05, 0) is 38.0 Å². The number of carbonyl (C=O) groups is 1. The van der Waals surface area contributed by atoms with Crippen LogP contribution in [0.2, 0.25) is 0 Å². The van der Waals surface area contributed by atoms with E-state index in [4.69, 9.17) is 0 Å². The van der Waals surface area contributed by atoms with E-state index < -0.39 is 28.3 Å². The van der Waals surface area contributed by atoms with Crippen molar-refractivity contribution < 1.29 is 17.6 Å². The van der Waals surface area contributed by atoms with Gasteiger partial charge in [-0.3, -0.25) is 4.79 Å². The van der Waals surface area contributed by atoms with E-state index in [1.54, 1.807) is 32.0 Å². The van der Waals surface area contributed by atoms with Gasteiger partial charge in [0, 0.05) is 5.56 Å². The van der Waals surface area contributed by atoms with E-state index in [9.17, 15) is 17.6 Å². The van der Waals surface area contributed by atoms with E-state index in [-0.39, 0.29) is 10.5 Å². The molecule has 26 heavy (non-hydrogen) atoms. The molecule has 0 atom stereocenters. The number of hydrogen-bond acceptors (Lipinski definition) is 4. The van der Waals surface area contributed by atoms with Gasteiger partial charge in [-0.25, -0.2) is 23.0 Å². The molecule has 0 heterocycles. The summed E-state index contributed by atoms with van der Waals surface area (Å²) in [5, 5.41) is 3.62. The van der Waals surface area contributed by atoms with E-state index in [1.165, 1.54) is 18.2 Å². The fourth-order valence-corrected chi connectivity index (χ4v) is 4.05. The minimum atomic E-state index is -3.84. The van der Waals surface area contributed by atoms with Crippen molar-refractivity contribution in [2.75, 3.05) is 6.54 Å². The number of hydrogen-bond donors (Lipinski definition) is 2. The summed E-state index contributed by atoms with van der Waals surface area (Å²) in [6, 6.07) is 9.46. The lowest BCUT2D eigenvalue weighted by Gasteiger charge is -2.12. The zero-order valence-corrected chi connectivity index (χ0v) is 15.5. The molecule has 2 aromatic carbocycles. The number of aryl methyl sites for hydroxylation is 3. The Balaban J connectivity index is 2.00. The predicted molar refractivity (Wildman–Crippen MR) is 98.0 cm³/mol. The normalized spacial score (nSPS) is 11.7. The lowest BCUT2D eigenvalue weighted by molar-refractivity contribution is -0.119. The lowest BCUT2D eigenvalue weighted by atomic mass is 10.1. The summed E-state index contributed by atoms with van der Waals surface area (Å²) in [5.74, 6) is -1.14. The van der Waals surface area contributed by atoms with Crippen molar-refractivity contribution in [2.24, 2.45) is 5.10 Å². The third-order valence-corrected chi connectivity index (χ3v) is 5.30. The van der Waals surface area contributed by atoms with Crippen molar-refractivity contribution in [3.8, 4) is 0 Å². The summed E-state index contributed by atoms with van der Waals surface area (Å²) < 4.78 is 40.6. The predicted octanol–water partition coefficient (Wildman–Crippen LogP) is 2.18. The molecular weight excluding hydrogens is 357 g/mol. The molecule has 0 bridgehead atoms. The van der Waals surface area contributed by atoms with Crippen molar-refractivity contribution in [2.45, 2.75) is 25.7 Å². The van der Waals surface area contributed by atoms with Gasteiger partial charge >= 0.3 is 0 Å². The lowest BCUT2D eigenvalue weighted by Crippen LogP contribution is -2.35. The third kappa shape index (κ3) is 4.96. The molecule has 8 heteroatoms. The maximum absolute atomic E-state index is 13.4. The number of nitrogens with one attached hydrogen (secondary N) is 2. The van der Waals surface area contributed by atoms with E-state index in [0.717, 1.165) is 11.8 Å². The number of rotatable bonds is 6. The van der Waals surface area contributed by atoms with Crippen LogP contribution in [0.5, 0.6) is 0 Å². The van der Waals surface area contributed by atoms with Crippen LogP contribution in [-0.2, 0) is 14.8 Å². The standard InChI is InChI=1S/C18H20FN3O3S/c1-12-8-13(2)18(14(3)9-12)26(24,25)21-11-17(23)22-20-10-15-6-4-5-7-16(15)19/h4-10,21H,11H2,1-3H3,(H,22,23)/b20-10-. The topological polar surface area (TPSA) is 87.6 Å². The molecular formula is C18H20FN3O3S. The van der Waals surface area contributed by atoms with Gasteiger partial charge in [-0.15, -0.1) is 0 Å². The highest BCUT2D eigenvalue weighted by molar-refractivity contribution is 7.89. The average Bonchev–Trinajstić information content (AvgIpc) is 2.53. The molecule has 0 saturated heterocycles. The monoisotopic (exact) mass is 377 g/mol. The first-order valence-electron chi connectivity index (χ1n) is 7.84. The summed E-state index contributed by atoms with van der Waals surface area (Å²) in [4.78, 5) is 11.9. The Bertz CT molecular complexity index is 933. The highest BCUT2D eigenvalue weighted by Gasteiger charge is 2.20. The largest absolute Gasteiger partial charge is 0.272 e. The average molecular weight is 377 g/mol. The second-order valence-corrected chi connectivity index (χ2v) is 7.57. The molecule has 0 spiro atoms. The highest BCUT2D eigenvalue weighted by Crippen LogP contribution is 2.21.